The first-order valence-electron chi connectivity index (χ1n) is 6.58. The fourth-order valence-electron chi connectivity index (χ4n) is 2.14. The molecule has 6 nitrogen and oxygen atoms in total. The van der Waals surface area contributed by atoms with Crippen LogP contribution >= 0.6 is 0 Å². The van der Waals surface area contributed by atoms with E-state index in [1.54, 1.807) is 13.1 Å². The van der Waals surface area contributed by atoms with Gasteiger partial charge in [-0.3, -0.25) is 9.78 Å². The summed E-state index contributed by atoms with van der Waals surface area (Å²) in [6.07, 6.45) is 2.76. The van der Waals surface area contributed by atoms with E-state index in [1.807, 2.05) is 12.1 Å². The van der Waals surface area contributed by atoms with Crippen LogP contribution in [0.5, 0.6) is 0 Å². The van der Waals surface area contributed by atoms with Crippen LogP contribution in [0.1, 0.15) is 36.5 Å². The fourth-order valence-corrected chi connectivity index (χ4v) is 2.14. The van der Waals surface area contributed by atoms with Crippen molar-refractivity contribution in [2.24, 2.45) is 11.0 Å². The van der Waals surface area contributed by atoms with E-state index < -0.39 is 0 Å². The average Bonchev–Trinajstić information content (AvgIpc) is 2.92. The molecule has 1 aliphatic carbocycles. The van der Waals surface area contributed by atoms with Gasteiger partial charge in [-0.15, -0.1) is 0 Å². The standard InChI is InChI=1S/C14H16N4O2/c1-8-5-11(8)12-4-3-10(20-12)7-15-18-14-16-9(2)6-13(19)17-14/h3-4,6-8,11H,5H2,1-2H3,(H2,16,17,18,19)/b15-7-/t8-,11-/m1/s1. The molecule has 0 aromatic carbocycles. The highest BCUT2D eigenvalue weighted by Gasteiger charge is 2.36. The van der Waals surface area contributed by atoms with E-state index in [4.69, 9.17) is 4.42 Å². The predicted molar refractivity (Wildman–Crippen MR) is 76.0 cm³/mol. The van der Waals surface area contributed by atoms with Gasteiger partial charge < -0.3 is 4.42 Å². The molecule has 2 N–H and O–H groups in total. The summed E-state index contributed by atoms with van der Waals surface area (Å²) in [5, 5.41) is 4.00. The normalized spacial score (nSPS) is 21.3. The van der Waals surface area contributed by atoms with Crippen LogP contribution in [-0.4, -0.2) is 16.2 Å². The lowest BCUT2D eigenvalue weighted by Crippen LogP contribution is -2.10. The van der Waals surface area contributed by atoms with E-state index >= 15 is 0 Å². The van der Waals surface area contributed by atoms with E-state index in [-0.39, 0.29) is 5.56 Å². The summed E-state index contributed by atoms with van der Waals surface area (Å²) in [6, 6.07) is 5.30. The molecule has 0 amide bonds. The number of H-pyrrole nitrogens is 1. The zero-order chi connectivity index (χ0) is 14.1. The molecule has 1 saturated carbocycles. The van der Waals surface area contributed by atoms with Crippen molar-refractivity contribution in [3.05, 3.63) is 45.8 Å². The van der Waals surface area contributed by atoms with Gasteiger partial charge in [0.2, 0.25) is 5.95 Å². The molecule has 0 unspecified atom stereocenters. The van der Waals surface area contributed by atoms with Gasteiger partial charge in [0.25, 0.3) is 5.56 Å². The molecule has 20 heavy (non-hydrogen) atoms. The second kappa shape index (κ2) is 4.96. The van der Waals surface area contributed by atoms with E-state index in [0.717, 1.165) is 5.76 Å². The molecule has 0 aliphatic heterocycles. The Balaban J connectivity index is 1.65. The lowest BCUT2D eigenvalue weighted by atomic mass is 10.3. The molecular weight excluding hydrogens is 256 g/mol. The number of nitrogens with zero attached hydrogens (tertiary/aromatic N) is 2. The third-order valence-electron chi connectivity index (χ3n) is 3.35. The Hall–Kier alpha value is -2.37. The minimum absolute atomic E-state index is 0.210. The summed E-state index contributed by atoms with van der Waals surface area (Å²) < 4.78 is 5.68. The number of nitrogens with one attached hydrogen (secondary N) is 2. The maximum atomic E-state index is 11.3. The quantitative estimate of drug-likeness (QED) is 0.660. The lowest BCUT2D eigenvalue weighted by molar-refractivity contribution is 0.500. The molecule has 0 spiro atoms. The van der Waals surface area contributed by atoms with E-state index in [1.165, 1.54) is 12.5 Å². The van der Waals surface area contributed by atoms with Crippen LogP contribution < -0.4 is 11.0 Å². The van der Waals surface area contributed by atoms with Crippen LogP contribution in [0.25, 0.3) is 0 Å². The summed E-state index contributed by atoms with van der Waals surface area (Å²) in [4.78, 5) is 17.9. The van der Waals surface area contributed by atoms with Gasteiger partial charge in [0.1, 0.15) is 11.5 Å². The number of aromatic amines is 1. The van der Waals surface area contributed by atoms with Crippen LogP contribution in [0, 0.1) is 12.8 Å². The first-order valence-corrected chi connectivity index (χ1v) is 6.58. The molecule has 104 valence electrons. The molecule has 0 radical (unpaired) electrons. The largest absolute Gasteiger partial charge is 0.460 e. The second-order valence-electron chi connectivity index (χ2n) is 5.16. The number of hydrazone groups is 1. The number of anilines is 1. The van der Waals surface area contributed by atoms with Crippen molar-refractivity contribution in [3.8, 4) is 0 Å². The monoisotopic (exact) mass is 272 g/mol. The SMILES string of the molecule is Cc1cc(=O)[nH]c(N/N=C\c2ccc([C@@H]3C[C@H]3C)o2)n1. The molecule has 0 bridgehead atoms. The fraction of sp³-hybridized carbons (Fsp3) is 0.357. The second-order valence-corrected chi connectivity index (χ2v) is 5.16. The van der Waals surface area contributed by atoms with Crippen molar-refractivity contribution in [3.63, 3.8) is 0 Å². The Morgan fingerprint density at radius 2 is 2.35 bits per heavy atom. The molecule has 2 aromatic heterocycles. The van der Waals surface area contributed by atoms with Gasteiger partial charge in [0.15, 0.2) is 0 Å². The first-order chi connectivity index (χ1) is 9.61. The summed E-state index contributed by atoms with van der Waals surface area (Å²) in [7, 11) is 0. The van der Waals surface area contributed by atoms with Crippen molar-refractivity contribution < 1.29 is 4.42 Å². The average molecular weight is 272 g/mol. The Morgan fingerprint density at radius 3 is 3.05 bits per heavy atom. The minimum atomic E-state index is -0.210. The Labute approximate surface area is 115 Å². The summed E-state index contributed by atoms with van der Waals surface area (Å²) >= 11 is 0. The van der Waals surface area contributed by atoms with E-state index in [0.29, 0.717) is 29.2 Å². The Kier molecular flexibility index (Phi) is 3.14. The van der Waals surface area contributed by atoms with Gasteiger partial charge in [0, 0.05) is 17.7 Å². The van der Waals surface area contributed by atoms with Crippen molar-refractivity contribution in [1.29, 1.82) is 0 Å². The number of hydrogen-bond donors (Lipinski definition) is 2. The number of rotatable bonds is 4. The summed E-state index contributed by atoms with van der Waals surface area (Å²) in [6.45, 7) is 3.96. The van der Waals surface area contributed by atoms with Gasteiger partial charge in [-0.05, 0) is 31.4 Å². The number of aryl methyl sites for hydroxylation is 1. The molecule has 0 saturated heterocycles. The highest BCUT2D eigenvalue weighted by molar-refractivity contribution is 5.76. The molecule has 1 aliphatic rings. The summed E-state index contributed by atoms with van der Waals surface area (Å²) in [5.41, 5.74) is 3.10. The summed E-state index contributed by atoms with van der Waals surface area (Å²) in [5.74, 6) is 3.28. The molecule has 1 fully saturated rings. The van der Waals surface area contributed by atoms with Gasteiger partial charge >= 0.3 is 0 Å². The topological polar surface area (TPSA) is 83.3 Å². The van der Waals surface area contributed by atoms with Crippen molar-refractivity contribution in [2.45, 2.75) is 26.2 Å². The van der Waals surface area contributed by atoms with Crippen molar-refractivity contribution in [1.82, 2.24) is 9.97 Å². The molecule has 2 atom stereocenters. The van der Waals surface area contributed by atoms with Gasteiger partial charge in [0.05, 0.1) is 6.21 Å². The predicted octanol–water partition coefficient (Wildman–Crippen LogP) is 2.24. The molecule has 6 heteroatoms. The van der Waals surface area contributed by atoms with Gasteiger partial charge in [-0.1, -0.05) is 6.92 Å². The highest BCUT2D eigenvalue weighted by atomic mass is 16.3. The molecule has 2 aromatic rings. The van der Waals surface area contributed by atoms with Crippen molar-refractivity contribution >= 4 is 12.2 Å². The zero-order valence-corrected chi connectivity index (χ0v) is 11.4. The van der Waals surface area contributed by atoms with E-state index in [2.05, 4.69) is 27.4 Å². The van der Waals surface area contributed by atoms with Crippen LogP contribution in [0.2, 0.25) is 0 Å². The Morgan fingerprint density at radius 1 is 1.55 bits per heavy atom. The number of furan rings is 1. The minimum Gasteiger partial charge on any atom is -0.460 e. The van der Waals surface area contributed by atoms with E-state index in [9.17, 15) is 4.79 Å². The molecular formula is C14H16N4O2. The molecule has 3 rings (SSSR count). The number of hydrogen-bond acceptors (Lipinski definition) is 5. The highest BCUT2D eigenvalue weighted by Crippen LogP contribution is 2.47. The Bertz CT molecular complexity index is 701. The van der Waals surface area contributed by atoms with Crippen LogP contribution in [0.3, 0.4) is 0 Å². The third-order valence-corrected chi connectivity index (χ3v) is 3.35. The first kappa shape index (κ1) is 12.7. The maximum absolute atomic E-state index is 11.3. The van der Waals surface area contributed by atoms with Crippen molar-refractivity contribution in [2.75, 3.05) is 5.43 Å². The number of aromatic nitrogens is 2. The van der Waals surface area contributed by atoms with Gasteiger partial charge in [-0.25, -0.2) is 10.4 Å². The molecule has 2 heterocycles. The smallest absolute Gasteiger partial charge is 0.252 e. The zero-order valence-electron chi connectivity index (χ0n) is 11.4. The van der Waals surface area contributed by atoms with Crippen LogP contribution in [0.15, 0.2) is 32.5 Å². The third kappa shape index (κ3) is 2.79. The van der Waals surface area contributed by atoms with Crippen LogP contribution in [0.4, 0.5) is 5.95 Å². The lowest BCUT2D eigenvalue weighted by Gasteiger charge is -1.98. The van der Waals surface area contributed by atoms with Crippen LogP contribution in [-0.2, 0) is 0 Å². The van der Waals surface area contributed by atoms with Gasteiger partial charge in [-0.2, -0.15) is 5.10 Å². The maximum Gasteiger partial charge on any atom is 0.252 e.